The van der Waals surface area contributed by atoms with Crippen LogP contribution in [0, 0.1) is 17.1 Å². The minimum absolute atomic E-state index is 0.00707. The number of nitrogen functional groups attached to an aromatic ring is 1. The molecule has 0 unspecified atom stereocenters. The number of aromatic nitrogens is 2. The van der Waals surface area contributed by atoms with Gasteiger partial charge < -0.3 is 16.2 Å². The fourth-order valence-corrected chi connectivity index (χ4v) is 2.02. The number of rotatable bonds is 3. The maximum atomic E-state index is 14.1. The SMILES string of the molecule is CN1NNN(c2cc(Nc3ncc(C#N)c(N)n3)c(F)cc2O)C1=O. The number of carbonyl (C=O) groups is 1. The van der Waals surface area contributed by atoms with Crippen LogP contribution in [0.25, 0.3) is 0 Å². The summed E-state index contributed by atoms with van der Waals surface area (Å²) in [5, 5.41) is 23.4. The molecule has 1 aliphatic heterocycles. The molecule has 25 heavy (non-hydrogen) atoms. The molecule has 1 aliphatic rings. The van der Waals surface area contributed by atoms with E-state index in [4.69, 9.17) is 11.0 Å². The molecule has 1 saturated heterocycles. The van der Waals surface area contributed by atoms with Gasteiger partial charge in [-0.2, -0.15) is 10.2 Å². The van der Waals surface area contributed by atoms with Gasteiger partial charge in [-0.15, -0.1) is 11.1 Å². The van der Waals surface area contributed by atoms with Gasteiger partial charge in [0.1, 0.15) is 28.9 Å². The molecule has 0 radical (unpaired) electrons. The number of anilines is 4. The van der Waals surface area contributed by atoms with E-state index >= 15 is 0 Å². The molecule has 3 rings (SSSR count). The molecule has 2 heterocycles. The number of nitriles is 1. The number of nitrogens with one attached hydrogen (secondary N) is 3. The first kappa shape index (κ1) is 16.2. The van der Waals surface area contributed by atoms with Crippen molar-refractivity contribution in [3.05, 3.63) is 29.7 Å². The number of hydrogen-bond acceptors (Lipinski definition) is 9. The van der Waals surface area contributed by atoms with Gasteiger partial charge in [0, 0.05) is 13.1 Å². The molecule has 1 fully saturated rings. The zero-order valence-electron chi connectivity index (χ0n) is 12.8. The quantitative estimate of drug-likeness (QED) is 0.494. The van der Waals surface area contributed by atoms with Crippen LogP contribution in [0.1, 0.15) is 5.56 Å². The molecule has 2 aromatic rings. The van der Waals surface area contributed by atoms with Crippen LogP contribution in [-0.4, -0.2) is 33.2 Å². The first-order chi connectivity index (χ1) is 11.9. The number of aromatic hydroxyl groups is 1. The number of amides is 2. The number of urea groups is 1. The van der Waals surface area contributed by atoms with Crippen LogP contribution in [0.5, 0.6) is 5.75 Å². The average molecular weight is 345 g/mol. The number of hydrogen-bond donors (Lipinski definition) is 5. The molecule has 12 heteroatoms. The van der Waals surface area contributed by atoms with Crippen molar-refractivity contribution >= 4 is 29.2 Å². The Bertz CT molecular complexity index is 898. The monoisotopic (exact) mass is 345 g/mol. The number of nitrogens with zero attached hydrogens (tertiary/aromatic N) is 5. The molecule has 0 saturated carbocycles. The Labute approximate surface area is 140 Å². The third-order valence-electron chi connectivity index (χ3n) is 3.30. The van der Waals surface area contributed by atoms with Crippen molar-refractivity contribution in [3.8, 4) is 11.8 Å². The summed E-state index contributed by atoms with van der Waals surface area (Å²) in [4.78, 5) is 19.7. The average Bonchev–Trinajstić information content (AvgIpc) is 2.90. The summed E-state index contributed by atoms with van der Waals surface area (Å²) in [5.41, 5.74) is 10.6. The highest BCUT2D eigenvalue weighted by atomic mass is 19.1. The first-order valence-electron chi connectivity index (χ1n) is 6.82. The van der Waals surface area contributed by atoms with Crippen LogP contribution in [0.2, 0.25) is 0 Å². The second-order valence-corrected chi connectivity index (χ2v) is 4.95. The van der Waals surface area contributed by atoms with Crippen molar-refractivity contribution < 1.29 is 14.3 Å². The van der Waals surface area contributed by atoms with Gasteiger partial charge in [0.25, 0.3) is 0 Å². The number of halogens is 1. The third kappa shape index (κ3) is 2.92. The van der Waals surface area contributed by atoms with Crippen molar-refractivity contribution in [3.63, 3.8) is 0 Å². The standard InChI is InChI=1S/C13H12FN9O2/c1-22-13(25)23(21-20-22)9-3-8(7(14)2-10(9)24)18-12-17-5-6(4-15)11(16)19-12/h2-3,5,20-21,24H,1H3,(H3,16,17,18,19). The summed E-state index contributed by atoms with van der Waals surface area (Å²) < 4.78 is 14.1. The lowest BCUT2D eigenvalue weighted by molar-refractivity contribution is 0.214. The maximum absolute atomic E-state index is 14.1. The second-order valence-electron chi connectivity index (χ2n) is 4.95. The van der Waals surface area contributed by atoms with Gasteiger partial charge >= 0.3 is 6.03 Å². The van der Waals surface area contributed by atoms with Gasteiger partial charge in [-0.25, -0.2) is 24.2 Å². The number of phenols is 1. The molecule has 0 aliphatic carbocycles. The van der Waals surface area contributed by atoms with Crippen LogP contribution in [0.3, 0.4) is 0 Å². The zero-order chi connectivity index (χ0) is 18.1. The predicted molar refractivity (Wildman–Crippen MR) is 84.4 cm³/mol. The number of nitrogens with two attached hydrogens (primary N) is 1. The Hall–Kier alpha value is -3.69. The fourth-order valence-electron chi connectivity index (χ4n) is 2.02. The molecular weight excluding hydrogens is 333 g/mol. The van der Waals surface area contributed by atoms with E-state index in [1.165, 1.54) is 19.3 Å². The third-order valence-corrected chi connectivity index (χ3v) is 3.30. The van der Waals surface area contributed by atoms with E-state index in [1.807, 2.05) is 6.07 Å². The number of hydrazine groups is 3. The molecule has 1 aromatic carbocycles. The molecule has 6 N–H and O–H groups in total. The Kier molecular flexibility index (Phi) is 3.93. The van der Waals surface area contributed by atoms with Crippen molar-refractivity contribution in [1.82, 2.24) is 26.0 Å². The lowest BCUT2D eigenvalue weighted by Crippen LogP contribution is -2.37. The molecule has 0 atom stereocenters. The van der Waals surface area contributed by atoms with Crippen LogP contribution < -0.4 is 27.1 Å². The van der Waals surface area contributed by atoms with Gasteiger partial charge in [-0.1, -0.05) is 0 Å². The number of benzene rings is 1. The summed E-state index contributed by atoms with van der Waals surface area (Å²) in [5.74, 6) is -1.38. The summed E-state index contributed by atoms with van der Waals surface area (Å²) in [6.45, 7) is 0. The highest BCUT2D eigenvalue weighted by Gasteiger charge is 2.29. The van der Waals surface area contributed by atoms with Crippen LogP contribution in [0.4, 0.5) is 32.3 Å². The zero-order valence-corrected chi connectivity index (χ0v) is 12.8. The van der Waals surface area contributed by atoms with Crippen LogP contribution in [0.15, 0.2) is 18.3 Å². The molecule has 11 nitrogen and oxygen atoms in total. The van der Waals surface area contributed by atoms with Gasteiger partial charge in [-0.3, -0.25) is 0 Å². The largest absolute Gasteiger partial charge is 0.506 e. The van der Waals surface area contributed by atoms with Crippen molar-refractivity contribution in [1.29, 1.82) is 5.26 Å². The first-order valence-corrected chi connectivity index (χ1v) is 6.82. The van der Waals surface area contributed by atoms with Crippen LogP contribution >= 0.6 is 0 Å². The Morgan fingerprint density at radius 1 is 1.44 bits per heavy atom. The Morgan fingerprint density at radius 2 is 2.20 bits per heavy atom. The molecule has 1 aromatic heterocycles. The summed E-state index contributed by atoms with van der Waals surface area (Å²) in [6, 6.07) is 3.31. The van der Waals surface area contributed by atoms with E-state index in [2.05, 4.69) is 26.4 Å². The van der Waals surface area contributed by atoms with E-state index in [0.717, 1.165) is 16.1 Å². The maximum Gasteiger partial charge on any atom is 0.355 e. The Balaban J connectivity index is 1.94. The highest BCUT2D eigenvalue weighted by molar-refractivity contribution is 5.94. The Morgan fingerprint density at radius 3 is 2.80 bits per heavy atom. The van der Waals surface area contributed by atoms with Gasteiger partial charge in [-0.05, 0) is 6.07 Å². The van der Waals surface area contributed by atoms with Crippen molar-refractivity contribution in [2.45, 2.75) is 0 Å². The minimum Gasteiger partial charge on any atom is -0.506 e. The molecular formula is C13H12FN9O2. The van der Waals surface area contributed by atoms with Gasteiger partial charge in [0.15, 0.2) is 5.82 Å². The van der Waals surface area contributed by atoms with E-state index in [9.17, 15) is 14.3 Å². The van der Waals surface area contributed by atoms with Gasteiger partial charge in [0.05, 0.1) is 11.9 Å². The molecule has 2 amide bonds. The van der Waals surface area contributed by atoms with Gasteiger partial charge in [0.2, 0.25) is 5.95 Å². The number of phenolic OH excluding ortho intramolecular Hbond substituents is 1. The molecule has 128 valence electrons. The lowest BCUT2D eigenvalue weighted by atomic mass is 10.2. The summed E-state index contributed by atoms with van der Waals surface area (Å²) >= 11 is 0. The van der Waals surface area contributed by atoms with E-state index in [0.29, 0.717) is 0 Å². The lowest BCUT2D eigenvalue weighted by Gasteiger charge is -2.17. The van der Waals surface area contributed by atoms with E-state index in [-0.39, 0.29) is 28.7 Å². The molecule has 0 spiro atoms. The van der Waals surface area contributed by atoms with Crippen molar-refractivity contribution in [2.75, 3.05) is 23.1 Å². The smallest absolute Gasteiger partial charge is 0.355 e. The topological polar surface area (TPSA) is 155 Å². The summed E-state index contributed by atoms with van der Waals surface area (Å²) in [6.07, 6.45) is 1.19. The normalized spacial score (nSPS) is 13.9. The van der Waals surface area contributed by atoms with E-state index < -0.39 is 17.6 Å². The highest BCUT2D eigenvalue weighted by Crippen LogP contribution is 2.34. The summed E-state index contributed by atoms with van der Waals surface area (Å²) in [7, 11) is 1.46. The minimum atomic E-state index is -0.805. The molecule has 0 bridgehead atoms. The van der Waals surface area contributed by atoms with Crippen molar-refractivity contribution in [2.24, 2.45) is 0 Å². The fraction of sp³-hybridized carbons (Fsp3) is 0.0769. The number of carbonyl (C=O) groups excluding carboxylic acids is 1. The van der Waals surface area contributed by atoms with E-state index in [1.54, 1.807) is 0 Å². The van der Waals surface area contributed by atoms with Crippen LogP contribution in [-0.2, 0) is 0 Å². The second kappa shape index (κ2) is 6.07. The predicted octanol–water partition coefficient (Wildman–Crippen LogP) is 0.315.